The number of benzene rings is 1. The number of hydrogen-bond donors (Lipinski definition) is 2. The van der Waals surface area contributed by atoms with Crippen LogP contribution in [0, 0.1) is 6.92 Å². The number of aromatic amines is 1. The molecule has 3 N–H and O–H groups in total. The van der Waals surface area contributed by atoms with E-state index in [1.54, 1.807) is 13.0 Å². The highest BCUT2D eigenvalue weighted by atomic mass is 19.4. The zero-order chi connectivity index (χ0) is 13.3. The maximum atomic E-state index is 12.6. The molecule has 0 aliphatic carbocycles. The van der Waals surface area contributed by atoms with Gasteiger partial charge in [0.15, 0.2) is 0 Å². The van der Waals surface area contributed by atoms with Gasteiger partial charge in [0.05, 0.1) is 5.56 Å². The lowest BCUT2D eigenvalue weighted by atomic mass is 10.2. The molecule has 1 aromatic carbocycles. The van der Waals surface area contributed by atoms with Crippen molar-refractivity contribution >= 4 is 5.69 Å². The van der Waals surface area contributed by atoms with Crippen molar-refractivity contribution in [2.24, 2.45) is 0 Å². The largest absolute Gasteiger partial charge is 0.437 e. The predicted molar refractivity (Wildman–Crippen MR) is 59.3 cm³/mol. The van der Waals surface area contributed by atoms with E-state index < -0.39 is 11.7 Å². The fraction of sp³-hybridized carbons (Fsp3) is 0.182. The van der Waals surface area contributed by atoms with E-state index in [9.17, 15) is 13.2 Å². The Morgan fingerprint density at radius 3 is 2.50 bits per heavy atom. The first-order chi connectivity index (χ1) is 8.34. The quantitative estimate of drug-likeness (QED) is 0.812. The molecule has 0 saturated carbocycles. The van der Waals surface area contributed by atoms with E-state index in [2.05, 4.69) is 10.2 Å². The van der Waals surface area contributed by atoms with Crippen LogP contribution in [0.2, 0.25) is 0 Å². The van der Waals surface area contributed by atoms with Crippen LogP contribution in [-0.4, -0.2) is 10.2 Å². The number of halogens is 3. The van der Waals surface area contributed by atoms with E-state index in [0.717, 1.165) is 17.8 Å². The molecule has 0 spiro atoms. The van der Waals surface area contributed by atoms with Gasteiger partial charge >= 0.3 is 6.18 Å². The third-order valence-corrected chi connectivity index (χ3v) is 2.16. The highest BCUT2D eigenvalue weighted by Crippen LogP contribution is 2.34. The van der Waals surface area contributed by atoms with Crippen molar-refractivity contribution in [1.29, 1.82) is 0 Å². The van der Waals surface area contributed by atoms with Crippen molar-refractivity contribution in [3.8, 4) is 11.6 Å². The Labute approximate surface area is 101 Å². The van der Waals surface area contributed by atoms with Crippen molar-refractivity contribution in [2.45, 2.75) is 13.1 Å². The minimum Gasteiger partial charge on any atom is -0.437 e. The summed E-state index contributed by atoms with van der Waals surface area (Å²) in [6, 6.07) is 4.60. The van der Waals surface area contributed by atoms with Crippen LogP contribution in [0.15, 0.2) is 24.3 Å². The molecule has 0 amide bonds. The molecule has 0 aliphatic rings. The fourth-order valence-corrected chi connectivity index (χ4v) is 1.41. The van der Waals surface area contributed by atoms with E-state index >= 15 is 0 Å². The number of hydrogen-bond acceptors (Lipinski definition) is 3. The lowest BCUT2D eigenvalue weighted by Gasteiger charge is -2.10. The van der Waals surface area contributed by atoms with E-state index in [0.29, 0.717) is 0 Å². The third-order valence-electron chi connectivity index (χ3n) is 2.16. The lowest BCUT2D eigenvalue weighted by Crippen LogP contribution is -2.06. The second-order valence-electron chi connectivity index (χ2n) is 3.78. The number of nitrogens with one attached hydrogen (secondary N) is 1. The number of H-pyrrole nitrogens is 1. The molecule has 0 aliphatic heterocycles. The summed E-state index contributed by atoms with van der Waals surface area (Å²) in [5.74, 6) is 0.181. The summed E-state index contributed by atoms with van der Waals surface area (Å²) in [6.45, 7) is 1.75. The van der Waals surface area contributed by atoms with Gasteiger partial charge in [-0.1, -0.05) is 0 Å². The number of rotatable bonds is 2. The molecule has 0 fully saturated rings. The first-order valence-corrected chi connectivity index (χ1v) is 5.02. The van der Waals surface area contributed by atoms with Crippen LogP contribution in [0.3, 0.4) is 0 Å². The molecule has 0 saturated heterocycles. The number of ether oxygens (including phenoxy) is 1. The summed E-state index contributed by atoms with van der Waals surface area (Å²) in [7, 11) is 0. The van der Waals surface area contributed by atoms with Gasteiger partial charge in [-0.25, -0.2) is 0 Å². The highest BCUT2D eigenvalue weighted by Gasteiger charge is 2.31. The molecule has 7 heteroatoms. The number of nitrogens with two attached hydrogens (primary N) is 1. The maximum absolute atomic E-state index is 12.6. The van der Waals surface area contributed by atoms with Crippen molar-refractivity contribution in [2.75, 3.05) is 5.73 Å². The van der Waals surface area contributed by atoms with Gasteiger partial charge in [-0.3, -0.25) is 5.10 Å². The topological polar surface area (TPSA) is 63.9 Å². The molecule has 4 nitrogen and oxygen atoms in total. The van der Waals surface area contributed by atoms with Gasteiger partial charge in [0.2, 0.25) is 5.88 Å². The van der Waals surface area contributed by atoms with Crippen molar-refractivity contribution in [3.05, 3.63) is 35.5 Å². The second kappa shape index (κ2) is 4.25. The van der Waals surface area contributed by atoms with Crippen LogP contribution in [0.1, 0.15) is 11.3 Å². The molecule has 0 atom stereocenters. The third kappa shape index (κ3) is 2.73. The summed E-state index contributed by atoms with van der Waals surface area (Å²) < 4.78 is 42.9. The second-order valence-corrected chi connectivity index (χ2v) is 3.78. The predicted octanol–water partition coefficient (Wildman–Crippen LogP) is 3.11. The first kappa shape index (κ1) is 12.3. The van der Waals surface area contributed by atoms with Gasteiger partial charge in [0.25, 0.3) is 0 Å². The minimum atomic E-state index is -4.46. The van der Waals surface area contributed by atoms with Crippen molar-refractivity contribution in [3.63, 3.8) is 0 Å². The van der Waals surface area contributed by atoms with Crippen LogP contribution < -0.4 is 10.5 Å². The lowest BCUT2D eigenvalue weighted by molar-refractivity contribution is -0.137. The Balaban J connectivity index is 2.31. The van der Waals surface area contributed by atoms with E-state index in [1.807, 2.05) is 0 Å². The summed E-state index contributed by atoms with van der Waals surface area (Å²) >= 11 is 0. The van der Waals surface area contributed by atoms with Gasteiger partial charge in [-0.05, 0) is 19.1 Å². The van der Waals surface area contributed by atoms with Gasteiger partial charge < -0.3 is 10.5 Å². The van der Waals surface area contributed by atoms with E-state index in [4.69, 9.17) is 10.5 Å². The van der Waals surface area contributed by atoms with E-state index in [1.165, 1.54) is 6.07 Å². The average molecular weight is 257 g/mol. The number of aryl methyl sites for hydroxylation is 1. The Morgan fingerprint density at radius 2 is 1.94 bits per heavy atom. The zero-order valence-corrected chi connectivity index (χ0v) is 9.38. The van der Waals surface area contributed by atoms with Crippen molar-refractivity contribution in [1.82, 2.24) is 10.2 Å². The number of alkyl halides is 3. The van der Waals surface area contributed by atoms with Crippen LogP contribution in [0.4, 0.5) is 18.9 Å². The summed E-state index contributed by atoms with van der Waals surface area (Å²) in [5.41, 5.74) is 5.27. The molecule has 1 heterocycles. The molecule has 0 unspecified atom stereocenters. The first-order valence-electron chi connectivity index (χ1n) is 5.02. The standard InChI is InChI=1S/C11H10F3N3O/c1-6-2-10(17-16-6)18-9-4-7(11(12,13)14)3-8(15)5-9/h2-5H,15H2,1H3,(H,16,17). The molecule has 1 aromatic heterocycles. The molecular formula is C11H10F3N3O. The van der Waals surface area contributed by atoms with Gasteiger partial charge in [-0.2, -0.15) is 13.2 Å². The fourth-order valence-electron chi connectivity index (χ4n) is 1.41. The van der Waals surface area contributed by atoms with Crippen LogP contribution in [0.5, 0.6) is 11.6 Å². The number of anilines is 1. The molecule has 0 bridgehead atoms. The molecule has 96 valence electrons. The van der Waals surface area contributed by atoms with Gasteiger partial charge in [0, 0.05) is 23.5 Å². The molecule has 0 radical (unpaired) electrons. The summed E-state index contributed by atoms with van der Waals surface area (Å²) in [5, 5.41) is 6.38. The Kier molecular flexibility index (Phi) is 2.90. The monoisotopic (exact) mass is 257 g/mol. The minimum absolute atomic E-state index is 0.00572. The maximum Gasteiger partial charge on any atom is 0.416 e. The molecule has 18 heavy (non-hydrogen) atoms. The number of nitrogens with zero attached hydrogens (tertiary/aromatic N) is 1. The van der Waals surface area contributed by atoms with Crippen LogP contribution >= 0.6 is 0 Å². The number of nitrogen functional groups attached to an aromatic ring is 1. The smallest absolute Gasteiger partial charge is 0.416 e. The van der Waals surface area contributed by atoms with E-state index in [-0.39, 0.29) is 17.3 Å². The number of aromatic nitrogens is 2. The van der Waals surface area contributed by atoms with Crippen LogP contribution in [-0.2, 0) is 6.18 Å². The Hall–Kier alpha value is -2.18. The van der Waals surface area contributed by atoms with Crippen molar-refractivity contribution < 1.29 is 17.9 Å². The van der Waals surface area contributed by atoms with Gasteiger partial charge in [-0.15, -0.1) is 5.10 Å². The molecule has 2 rings (SSSR count). The normalized spacial score (nSPS) is 11.6. The van der Waals surface area contributed by atoms with Crippen LogP contribution in [0.25, 0.3) is 0 Å². The summed E-state index contributed by atoms with van der Waals surface area (Å²) in [6.07, 6.45) is -4.46. The molecule has 2 aromatic rings. The SMILES string of the molecule is Cc1cc(Oc2cc(N)cc(C(F)(F)F)c2)n[nH]1. The van der Waals surface area contributed by atoms with Gasteiger partial charge in [0.1, 0.15) is 5.75 Å². The highest BCUT2D eigenvalue weighted by molar-refractivity contribution is 5.49. The average Bonchev–Trinajstić information content (AvgIpc) is 2.61. The molecular weight excluding hydrogens is 247 g/mol. The zero-order valence-electron chi connectivity index (χ0n) is 9.38. The summed E-state index contributed by atoms with van der Waals surface area (Å²) in [4.78, 5) is 0. The Morgan fingerprint density at radius 1 is 1.22 bits per heavy atom. The Bertz CT molecular complexity index is 563.